The fourth-order valence-electron chi connectivity index (χ4n) is 3.43. The van der Waals surface area contributed by atoms with E-state index in [1.165, 1.54) is 0 Å². The van der Waals surface area contributed by atoms with Crippen molar-refractivity contribution in [3.05, 3.63) is 35.9 Å². The monoisotopic (exact) mass is 319 g/mol. The molecule has 2 unspecified atom stereocenters. The zero-order valence-corrected chi connectivity index (χ0v) is 14.5. The predicted octanol–water partition coefficient (Wildman–Crippen LogP) is 2.95. The number of ether oxygens (including phenoxy) is 1. The molecule has 1 saturated carbocycles. The molecule has 1 aliphatic carbocycles. The zero-order chi connectivity index (χ0) is 16.9. The maximum atomic E-state index is 12.8. The van der Waals surface area contributed by atoms with Crippen molar-refractivity contribution in [2.45, 2.75) is 51.2 Å². The number of nitrogens with zero attached hydrogens (tertiary/aromatic N) is 1. The van der Waals surface area contributed by atoms with Gasteiger partial charge >= 0.3 is 5.97 Å². The predicted molar refractivity (Wildman–Crippen MR) is 91.0 cm³/mol. The van der Waals surface area contributed by atoms with E-state index in [2.05, 4.69) is 11.8 Å². The molecule has 0 aromatic heterocycles. The quantitative estimate of drug-likeness (QED) is 0.785. The molecule has 0 radical (unpaired) electrons. The Labute approximate surface area is 139 Å². The average Bonchev–Trinajstić information content (AvgIpc) is 3.09. The van der Waals surface area contributed by atoms with Crippen molar-refractivity contribution in [3.63, 3.8) is 0 Å². The summed E-state index contributed by atoms with van der Waals surface area (Å²) in [6, 6.07) is 9.25. The fraction of sp³-hybridized carbons (Fsp3) is 0.632. The van der Waals surface area contributed by atoms with Crippen molar-refractivity contribution in [1.29, 1.82) is 0 Å². The lowest BCUT2D eigenvalue weighted by Crippen LogP contribution is -2.45. The van der Waals surface area contributed by atoms with Gasteiger partial charge < -0.3 is 14.7 Å². The second-order valence-electron chi connectivity index (χ2n) is 6.68. The Bertz CT molecular complexity index is 499. The molecule has 128 valence electrons. The number of carbonyl (C=O) groups is 1. The lowest BCUT2D eigenvalue weighted by Gasteiger charge is -2.33. The summed E-state index contributed by atoms with van der Waals surface area (Å²) >= 11 is 0. The highest BCUT2D eigenvalue weighted by Gasteiger charge is 2.48. The first-order valence-corrected chi connectivity index (χ1v) is 8.66. The van der Waals surface area contributed by atoms with Crippen LogP contribution in [-0.2, 0) is 15.1 Å². The number of esters is 1. The molecular weight excluding hydrogens is 290 g/mol. The largest absolute Gasteiger partial charge is 0.459 e. The van der Waals surface area contributed by atoms with Crippen LogP contribution in [0.2, 0.25) is 0 Å². The number of likely N-dealkylation sites (N-methyl/N-ethyl adjacent to an activating group) is 1. The highest BCUT2D eigenvalue weighted by atomic mass is 16.6. The molecule has 0 heterocycles. The van der Waals surface area contributed by atoms with Crippen LogP contribution in [0.25, 0.3) is 0 Å². The van der Waals surface area contributed by atoms with Crippen LogP contribution < -0.4 is 0 Å². The number of hydrogen-bond acceptors (Lipinski definition) is 4. The van der Waals surface area contributed by atoms with E-state index in [0.717, 1.165) is 32.2 Å². The van der Waals surface area contributed by atoms with Gasteiger partial charge in [0, 0.05) is 12.5 Å². The maximum Gasteiger partial charge on any atom is 0.343 e. The number of rotatable bonds is 7. The summed E-state index contributed by atoms with van der Waals surface area (Å²) in [6.45, 7) is 5.50. The van der Waals surface area contributed by atoms with E-state index in [1.54, 1.807) is 0 Å². The summed E-state index contributed by atoms with van der Waals surface area (Å²) in [5.41, 5.74) is -0.885. The second-order valence-corrected chi connectivity index (χ2v) is 6.68. The van der Waals surface area contributed by atoms with Crippen LogP contribution in [0.1, 0.15) is 45.1 Å². The molecule has 1 aliphatic rings. The van der Waals surface area contributed by atoms with Gasteiger partial charge in [-0.25, -0.2) is 4.79 Å². The van der Waals surface area contributed by atoms with Gasteiger partial charge in [-0.3, -0.25) is 0 Å². The maximum absolute atomic E-state index is 12.8. The van der Waals surface area contributed by atoms with Gasteiger partial charge in [-0.2, -0.15) is 0 Å². The molecule has 1 aromatic rings. The summed E-state index contributed by atoms with van der Waals surface area (Å²) < 4.78 is 5.62. The van der Waals surface area contributed by atoms with Gasteiger partial charge in [-0.05, 0) is 38.9 Å². The molecule has 0 bridgehead atoms. The van der Waals surface area contributed by atoms with Gasteiger partial charge in [0.15, 0.2) is 5.60 Å². The lowest BCUT2D eigenvalue weighted by atomic mass is 9.80. The summed E-state index contributed by atoms with van der Waals surface area (Å²) in [7, 11) is 1.99. The number of carbonyl (C=O) groups excluding carboxylic acids is 1. The molecule has 0 spiro atoms. The molecule has 0 saturated heterocycles. The third kappa shape index (κ3) is 4.12. The van der Waals surface area contributed by atoms with Crippen molar-refractivity contribution in [3.8, 4) is 0 Å². The smallest absolute Gasteiger partial charge is 0.343 e. The molecule has 4 heteroatoms. The first kappa shape index (κ1) is 18.0. The molecule has 0 aliphatic heterocycles. The van der Waals surface area contributed by atoms with Gasteiger partial charge in [-0.1, -0.05) is 50.1 Å². The van der Waals surface area contributed by atoms with E-state index >= 15 is 0 Å². The molecule has 1 N–H and O–H groups in total. The lowest BCUT2D eigenvalue weighted by molar-refractivity contribution is -0.179. The summed E-state index contributed by atoms with van der Waals surface area (Å²) in [6.07, 6.45) is 3.60. The third-order valence-corrected chi connectivity index (χ3v) is 4.89. The van der Waals surface area contributed by atoms with E-state index in [9.17, 15) is 9.90 Å². The molecule has 1 fully saturated rings. The van der Waals surface area contributed by atoms with Crippen molar-refractivity contribution in [1.82, 2.24) is 4.90 Å². The van der Waals surface area contributed by atoms with E-state index in [-0.39, 0.29) is 12.0 Å². The number of benzene rings is 1. The molecule has 2 atom stereocenters. The van der Waals surface area contributed by atoms with Crippen LogP contribution >= 0.6 is 0 Å². The standard InChI is InChI=1S/C19H29NO3/c1-4-20(3)14-15(2)23-18(21)19(22,17-12-8-9-13-17)16-10-6-5-7-11-16/h5-7,10-11,15,17,22H,4,8-9,12-14H2,1-3H3. The normalized spacial score (nSPS) is 19.5. The van der Waals surface area contributed by atoms with Gasteiger partial charge in [-0.15, -0.1) is 0 Å². The number of aliphatic hydroxyl groups is 1. The Kier molecular flexibility index (Phi) is 6.19. The molecule has 0 amide bonds. The molecule has 2 rings (SSSR count). The van der Waals surface area contributed by atoms with E-state index in [0.29, 0.717) is 12.1 Å². The minimum atomic E-state index is -1.53. The molecule has 4 nitrogen and oxygen atoms in total. The minimum absolute atomic E-state index is 0.0616. The summed E-state index contributed by atoms with van der Waals surface area (Å²) in [4.78, 5) is 14.9. The Morgan fingerprint density at radius 1 is 1.35 bits per heavy atom. The average molecular weight is 319 g/mol. The van der Waals surface area contributed by atoms with Crippen LogP contribution in [0.15, 0.2) is 30.3 Å². The Morgan fingerprint density at radius 3 is 2.52 bits per heavy atom. The minimum Gasteiger partial charge on any atom is -0.459 e. The van der Waals surface area contributed by atoms with Crippen molar-refractivity contribution in [2.24, 2.45) is 5.92 Å². The zero-order valence-electron chi connectivity index (χ0n) is 14.5. The highest BCUT2D eigenvalue weighted by molar-refractivity contribution is 5.81. The second kappa shape index (κ2) is 7.93. The molecule has 23 heavy (non-hydrogen) atoms. The van der Waals surface area contributed by atoms with Crippen molar-refractivity contribution in [2.75, 3.05) is 20.1 Å². The summed E-state index contributed by atoms with van der Waals surface area (Å²) in [5.74, 6) is -0.568. The van der Waals surface area contributed by atoms with Gasteiger partial charge in [0.2, 0.25) is 0 Å². The van der Waals surface area contributed by atoms with E-state index in [1.807, 2.05) is 44.3 Å². The van der Waals surface area contributed by atoms with Gasteiger partial charge in [0.1, 0.15) is 6.10 Å². The third-order valence-electron chi connectivity index (χ3n) is 4.89. The molecule has 1 aromatic carbocycles. The van der Waals surface area contributed by atoms with Crippen molar-refractivity contribution < 1.29 is 14.6 Å². The topological polar surface area (TPSA) is 49.8 Å². The number of hydrogen-bond donors (Lipinski definition) is 1. The van der Waals surface area contributed by atoms with Gasteiger partial charge in [0.25, 0.3) is 0 Å². The Morgan fingerprint density at radius 2 is 1.96 bits per heavy atom. The van der Waals surface area contributed by atoms with Gasteiger partial charge in [0.05, 0.1) is 0 Å². The summed E-state index contributed by atoms with van der Waals surface area (Å²) in [5, 5.41) is 11.3. The van der Waals surface area contributed by atoms with Crippen molar-refractivity contribution >= 4 is 5.97 Å². The SMILES string of the molecule is CCN(C)CC(C)OC(=O)C(O)(c1ccccc1)C1CCCC1. The Balaban J connectivity index is 2.18. The Hall–Kier alpha value is -1.39. The van der Waals surface area contributed by atoms with Crippen LogP contribution in [0, 0.1) is 5.92 Å². The first-order valence-electron chi connectivity index (χ1n) is 8.66. The first-order chi connectivity index (χ1) is 11.0. The highest BCUT2D eigenvalue weighted by Crippen LogP contribution is 2.41. The molecular formula is C19H29NO3. The van der Waals surface area contributed by atoms with Crippen LogP contribution in [0.3, 0.4) is 0 Å². The van der Waals surface area contributed by atoms with Crippen LogP contribution in [0.4, 0.5) is 0 Å². The van der Waals surface area contributed by atoms with Crippen LogP contribution in [-0.4, -0.2) is 42.2 Å². The van der Waals surface area contributed by atoms with E-state index < -0.39 is 11.6 Å². The fourth-order valence-corrected chi connectivity index (χ4v) is 3.43. The van der Waals surface area contributed by atoms with E-state index in [4.69, 9.17) is 4.74 Å². The van der Waals surface area contributed by atoms with Crippen LogP contribution in [0.5, 0.6) is 0 Å².